The number of allylic oxidation sites excluding steroid dienone is 2. The highest BCUT2D eigenvalue weighted by molar-refractivity contribution is 6.05. The molecule has 0 unspecified atom stereocenters. The van der Waals surface area contributed by atoms with Crippen molar-refractivity contribution in [2.45, 2.75) is 0 Å². The average molecular weight is 408 g/mol. The first-order valence-electron chi connectivity index (χ1n) is 9.81. The number of hydrogen-bond acceptors (Lipinski definition) is 4. The fourth-order valence-corrected chi connectivity index (χ4v) is 3.43. The van der Waals surface area contributed by atoms with Gasteiger partial charge in [0.2, 0.25) is 0 Å². The summed E-state index contributed by atoms with van der Waals surface area (Å²) in [6.45, 7) is 0. The number of fused-ring (bicyclic) bond motifs is 1. The molecule has 0 amide bonds. The maximum Gasteiger partial charge on any atom is 0.336 e. The van der Waals surface area contributed by atoms with Gasteiger partial charge in [-0.1, -0.05) is 66.7 Å². The van der Waals surface area contributed by atoms with Crippen LogP contribution >= 0.6 is 0 Å². The largest absolute Gasteiger partial charge is 0.496 e. The quantitative estimate of drug-likeness (QED) is 0.300. The van der Waals surface area contributed by atoms with Crippen molar-refractivity contribution in [2.24, 2.45) is 0 Å². The van der Waals surface area contributed by atoms with Gasteiger partial charge in [0.05, 0.1) is 7.11 Å². The van der Waals surface area contributed by atoms with E-state index in [1.165, 1.54) is 18.2 Å². The maximum atomic E-state index is 12.4. The summed E-state index contributed by atoms with van der Waals surface area (Å²) >= 11 is 0. The van der Waals surface area contributed by atoms with Gasteiger partial charge in [-0.05, 0) is 41.5 Å². The molecule has 0 aliphatic carbocycles. The van der Waals surface area contributed by atoms with E-state index in [0.29, 0.717) is 11.3 Å². The number of methoxy groups -OCH3 is 1. The van der Waals surface area contributed by atoms with Crippen molar-refractivity contribution in [3.05, 3.63) is 113 Å². The molecule has 31 heavy (non-hydrogen) atoms. The molecule has 3 aromatic carbocycles. The van der Waals surface area contributed by atoms with E-state index in [2.05, 4.69) is 0 Å². The van der Waals surface area contributed by atoms with E-state index in [-0.39, 0.29) is 5.78 Å². The molecule has 0 saturated heterocycles. The normalized spacial score (nSPS) is 11.4. The lowest BCUT2D eigenvalue weighted by molar-refractivity contribution is -0.110. The summed E-state index contributed by atoms with van der Waals surface area (Å²) in [5.74, 6) is 0.550. The van der Waals surface area contributed by atoms with Crippen molar-refractivity contribution in [2.75, 3.05) is 7.11 Å². The predicted molar refractivity (Wildman–Crippen MR) is 124 cm³/mol. The van der Waals surface area contributed by atoms with Crippen LogP contribution in [0.15, 0.2) is 100 Å². The van der Waals surface area contributed by atoms with Crippen LogP contribution in [-0.2, 0) is 4.79 Å². The first kappa shape index (κ1) is 20.1. The minimum absolute atomic E-state index is 0.154. The van der Waals surface area contributed by atoms with Gasteiger partial charge in [-0.15, -0.1) is 0 Å². The molecule has 0 N–H and O–H groups in total. The number of ether oxygens (including phenoxy) is 1. The van der Waals surface area contributed by atoms with Crippen molar-refractivity contribution in [3.63, 3.8) is 0 Å². The third-order valence-corrected chi connectivity index (χ3v) is 4.89. The minimum atomic E-state index is -0.414. The van der Waals surface area contributed by atoms with Crippen LogP contribution in [0.4, 0.5) is 0 Å². The molecule has 0 aliphatic rings. The third kappa shape index (κ3) is 4.54. The Morgan fingerprint density at radius 1 is 0.806 bits per heavy atom. The molecule has 0 spiro atoms. The summed E-state index contributed by atoms with van der Waals surface area (Å²) in [5, 5.41) is 0.838. The SMILES string of the molecule is COc1ccccc1C=CC(=O)C=Cc1ccccc1-c1cc(=O)oc2ccccc12. The van der Waals surface area contributed by atoms with E-state index in [1.807, 2.05) is 66.7 Å². The molecule has 0 radical (unpaired) electrons. The second-order valence-electron chi connectivity index (χ2n) is 6.87. The Labute approximate surface area is 179 Å². The van der Waals surface area contributed by atoms with E-state index >= 15 is 0 Å². The lowest BCUT2D eigenvalue weighted by Gasteiger charge is -2.08. The molecule has 1 aromatic heterocycles. The zero-order valence-corrected chi connectivity index (χ0v) is 16.9. The molecule has 4 rings (SSSR count). The molecule has 1 heterocycles. The van der Waals surface area contributed by atoms with E-state index in [1.54, 1.807) is 25.3 Å². The third-order valence-electron chi connectivity index (χ3n) is 4.89. The van der Waals surface area contributed by atoms with Gasteiger partial charge in [0.15, 0.2) is 5.78 Å². The number of ketones is 1. The number of carbonyl (C=O) groups is 1. The van der Waals surface area contributed by atoms with Gasteiger partial charge in [0, 0.05) is 22.6 Å². The summed E-state index contributed by atoms with van der Waals surface area (Å²) < 4.78 is 10.6. The molecule has 152 valence electrons. The van der Waals surface area contributed by atoms with Gasteiger partial charge in [-0.2, -0.15) is 0 Å². The second-order valence-corrected chi connectivity index (χ2v) is 6.87. The molecule has 4 heteroatoms. The molecule has 4 aromatic rings. The number of benzene rings is 3. The van der Waals surface area contributed by atoms with Crippen LogP contribution in [-0.4, -0.2) is 12.9 Å². The van der Waals surface area contributed by atoms with Crippen LogP contribution < -0.4 is 10.4 Å². The highest BCUT2D eigenvalue weighted by Gasteiger charge is 2.10. The first-order valence-corrected chi connectivity index (χ1v) is 9.81. The molecule has 0 bridgehead atoms. The fourth-order valence-electron chi connectivity index (χ4n) is 3.43. The summed E-state index contributed by atoms with van der Waals surface area (Å²) in [5.41, 5.74) is 3.39. The molecule has 4 nitrogen and oxygen atoms in total. The van der Waals surface area contributed by atoms with E-state index in [0.717, 1.165) is 27.6 Å². The Morgan fingerprint density at radius 2 is 1.45 bits per heavy atom. The van der Waals surface area contributed by atoms with Crippen LogP contribution in [0.1, 0.15) is 11.1 Å². The molecule has 0 saturated carbocycles. The van der Waals surface area contributed by atoms with Gasteiger partial charge in [-0.25, -0.2) is 4.79 Å². The fraction of sp³-hybridized carbons (Fsp3) is 0.0370. The molecule has 0 atom stereocenters. The lowest BCUT2D eigenvalue weighted by atomic mass is 9.96. The Kier molecular flexibility index (Phi) is 5.90. The van der Waals surface area contributed by atoms with Crippen LogP contribution in [0.3, 0.4) is 0 Å². The van der Waals surface area contributed by atoms with Crippen molar-refractivity contribution < 1.29 is 13.9 Å². The predicted octanol–water partition coefficient (Wildman–Crippen LogP) is 5.76. The highest BCUT2D eigenvalue weighted by Crippen LogP contribution is 2.30. The second kappa shape index (κ2) is 9.09. The zero-order chi connectivity index (χ0) is 21.6. The molecular formula is C27H20O4. The average Bonchev–Trinajstić information content (AvgIpc) is 2.81. The van der Waals surface area contributed by atoms with E-state index in [9.17, 15) is 9.59 Å². The Bertz CT molecular complexity index is 1360. The zero-order valence-electron chi connectivity index (χ0n) is 16.9. The van der Waals surface area contributed by atoms with Gasteiger partial charge in [-0.3, -0.25) is 4.79 Å². The Hall–Kier alpha value is -4.18. The van der Waals surface area contributed by atoms with Crippen LogP contribution in [0.2, 0.25) is 0 Å². The van der Waals surface area contributed by atoms with Crippen molar-refractivity contribution in [1.29, 1.82) is 0 Å². The van der Waals surface area contributed by atoms with E-state index in [4.69, 9.17) is 9.15 Å². The minimum Gasteiger partial charge on any atom is -0.496 e. The maximum absolute atomic E-state index is 12.4. The smallest absolute Gasteiger partial charge is 0.336 e. The number of carbonyl (C=O) groups excluding carboxylic acids is 1. The Morgan fingerprint density at radius 3 is 2.26 bits per heavy atom. The molecule has 0 fully saturated rings. The van der Waals surface area contributed by atoms with E-state index < -0.39 is 5.63 Å². The van der Waals surface area contributed by atoms with Crippen LogP contribution in [0.5, 0.6) is 5.75 Å². The Balaban J connectivity index is 1.66. The summed E-state index contributed by atoms with van der Waals surface area (Å²) in [4.78, 5) is 24.5. The lowest BCUT2D eigenvalue weighted by Crippen LogP contribution is -1.98. The van der Waals surface area contributed by atoms with Crippen molar-refractivity contribution >= 4 is 28.9 Å². The number of para-hydroxylation sites is 2. The molecule has 0 aliphatic heterocycles. The summed E-state index contributed by atoms with van der Waals surface area (Å²) in [7, 11) is 1.60. The van der Waals surface area contributed by atoms with Crippen LogP contribution in [0.25, 0.3) is 34.2 Å². The van der Waals surface area contributed by atoms with Gasteiger partial charge < -0.3 is 9.15 Å². The van der Waals surface area contributed by atoms with Crippen molar-refractivity contribution in [3.8, 4) is 16.9 Å². The number of rotatable bonds is 6. The van der Waals surface area contributed by atoms with Gasteiger partial charge in [0.25, 0.3) is 0 Å². The van der Waals surface area contributed by atoms with Gasteiger partial charge in [0.1, 0.15) is 11.3 Å². The number of hydrogen-bond donors (Lipinski definition) is 0. The molecular weight excluding hydrogens is 388 g/mol. The first-order chi connectivity index (χ1) is 15.2. The van der Waals surface area contributed by atoms with Crippen molar-refractivity contribution in [1.82, 2.24) is 0 Å². The standard InChI is InChI=1S/C27H20O4/c1-30-25-12-6-3-9-20(25)15-17-21(28)16-14-19-8-2-4-10-22(19)24-18-27(29)31-26-13-7-5-11-23(24)26/h2-18H,1H3. The topological polar surface area (TPSA) is 56.5 Å². The van der Waals surface area contributed by atoms with Gasteiger partial charge >= 0.3 is 5.63 Å². The summed E-state index contributed by atoms with van der Waals surface area (Å²) in [6.07, 6.45) is 6.50. The summed E-state index contributed by atoms with van der Waals surface area (Å²) in [6, 6.07) is 24.0. The highest BCUT2D eigenvalue weighted by atomic mass is 16.5. The monoisotopic (exact) mass is 408 g/mol. The van der Waals surface area contributed by atoms with Crippen LogP contribution in [0, 0.1) is 0 Å².